The second kappa shape index (κ2) is 8.81. The van der Waals surface area contributed by atoms with Crippen LogP contribution in [0.2, 0.25) is 0 Å². The van der Waals surface area contributed by atoms with Crippen molar-refractivity contribution in [2.24, 2.45) is 11.8 Å². The van der Waals surface area contributed by atoms with Crippen LogP contribution in [-0.2, 0) is 19.1 Å². The topological polar surface area (TPSA) is 76.7 Å². The van der Waals surface area contributed by atoms with Crippen LogP contribution in [0.5, 0.6) is 0 Å². The van der Waals surface area contributed by atoms with Crippen LogP contribution in [0, 0.1) is 11.8 Å². The Hall–Kier alpha value is -1.14. The SMILES string of the molecule is O=C(NCC1CCCO1)C1CCC(C(=O)NCC2CCCO2)CC1. The number of carbonyl (C=O) groups is 2. The van der Waals surface area contributed by atoms with Gasteiger partial charge < -0.3 is 20.1 Å². The molecule has 0 bridgehead atoms. The maximum absolute atomic E-state index is 12.2. The van der Waals surface area contributed by atoms with Crippen molar-refractivity contribution in [1.29, 1.82) is 0 Å². The number of rotatable bonds is 6. The maximum Gasteiger partial charge on any atom is 0.223 e. The summed E-state index contributed by atoms with van der Waals surface area (Å²) >= 11 is 0. The molecule has 2 aliphatic heterocycles. The van der Waals surface area contributed by atoms with Crippen molar-refractivity contribution in [2.45, 2.75) is 63.6 Å². The summed E-state index contributed by atoms with van der Waals surface area (Å²) in [6.07, 6.45) is 7.84. The minimum atomic E-state index is 0.0496. The molecule has 2 heterocycles. The van der Waals surface area contributed by atoms with Crippen LogP contribution in [0.3, 0.4) is 0 Å². The molecular formula is C18H30N2O4. The first-order chi connectivity index (χ1) is 11.7. The number of ether oxygens (including phenoxy) is 2. The molecule has 6 heteroatoms. The lowest BCUT2D eigenvalue weighted by Gasteiger charge is -2.27. The van der Waals surface area contributed by atoms with Gasteiger partial charge in [0, 0.05) is 38.1 Å². The predicted octanol–water partition coefficient (Wildman–Crippen LogP) is 1.38. The number of hydrogen-bond acceptors (Lipinski definition) is 4. The number of carbonyl (C=O) groups excluding carboxylic acids is 2. The van der Waals surface area contributed by atoms with E-state index in [1.807, 2.05) is 0 Å². The third-order valence-corrected chi connectivity index (χ3v) is 5.52. The van der Waals surface area contributed by atoms with Crippen molar-refractivity contribution >= 4 is 11.8 Å². The second-order valence-electron chi connectivity index (χ2n) is 7.31. The van der Waals surface area contributed by atoms with E-state index in [9.17, 15) is 9.59 Å². The van der Waals surface area contributed by atoms with Gasteiger partial charge in [0.25, 0.3) is 0 Å². The van der Waals surface area contributed by atoms with Crippen LogP contribution in [-0.4, -0.2) is 50.3 Å². The van der Waals surface area contributed by atoms with Gasteiger partial charge in [0.1, 0.15) is 0 Å². The van der Waals surface area contributed by atoms with E-state index in [1.165, 1.54) is 0 Å². The van der Waals surface area contributed by atoms with Gasteiger partial charge in [-0.2, -0.15) is 0 Å². The van der Waals surface area contributed by atoms with E-state index in [-0.39, 0.29) is 35.9 Å². The Bertz CT molecular complexity index is 383. The van der Waals surface area contributed by atoms with Crippen molar-refractivity contribution in [1.82, 2.24) is 10.6 Å². The highest BCUT2D eigenvalue weighted by Crippen LogP contribution is 2.29. The van der Waals surface area contributed by atoms with Gasteiger partial charge in [-0.25, -0.2) is 0 Å². The fourth-order valence-electron chi connectivity index (χ4n) is 3.95. The third-order valence-electron chi connectivity index (χ3n) is 5.52. The Kier molecular flexibility index (Phi) is 6.49. The van der Waals surface area contributed by atoms with Crippen LogP contribution < -0.4 is 10.6 Å². The van der Waals surface area contributed by atoms with Gasteiger partial charge in [0.2, 0.25) is 11.8 Å². The Morgan fingerprint density at radius 1 is 0.708 bits per heavy atom. The van der Waals surface area contributed by atoms with E-state index in [2.05, 4.69) is 10.6 Å². The Balaban J connectivity index is 1.32. The van der Waals surface area contributed by atoms with Crippen molar-refractivity contribution in [3.8, 4) is 0 Å². The molecule has 3 fully saturated rings. The molecule has 24 heavy (non-hydrogen) atoms. The highest BCUT2D eigenvalue weighted by Gasteiger charge is 2.30. The summed E-state index contributed by atoms with van der Waals surface area (Å²) in [5, 5.41) is 6.04. The average molecular weight is 338 g/mol. The van der Waals surface area contributed by atoms with Gasteiger partial charge in [0.15, 0.2) is 0 Å². The first kappa shape index (κ1) is 17.7. The molecule has 136 valence electrons. The van der Waals surface area contributed by atoms with E-state index in [4.69, 9.17) is 9.47 Å². The molecule has 2 N–H and O–H groups in total. The number of hydrogen-bond donors (Lipinski definition) is 2. The highest BCUT2D eigenvalue weighted by atomic mass is 16.5. The zero-order valence-electron chi connectivity index (χ0n) is 14.4. The van der Waals surface area contributed by atoms with Gasteiger partial charge in [-0.3, -0.25) is 9.59 Å². The predicted molar refractivity (Wildman–Crippen MR) is 89.4 cm³/mol. The summed E-state index contributed by atoms with van der Waals surface area (Å²) in [6, 6.07) is 0. The Morgan fingerprint density at radius 3 is 1.46 bits per heavy atom. The van der Waals surface area contributed by atoms with Crippen molar-refractivity contribution < 1.29 is 19.1 Å². The molecule has 3 aliphatic rings. The summed E-state index contributed by atoms with van der Waals surface area (Å²) < 4.78 is 11.1. The van der Waals surface area contributed by atoms with Gasteiger partial charge in [-0.1, -0.05) is 0 Å². The van der Waals surface area contributed by atoms with Gasteiger partial charge in [-0.05, 0) is 51.4 Å². The van der Waals surface area contributed by atoms with E-state index >= 15 is 0 Å². The molecule has 2 unspecified atom stereocenters. The molecule has 1 aliphatic carbocycles. The molecule has 2 atom stereocenters. The van der Waals surface area contributed by atoms with Crippen molar-refractivity contribution in [3.63, 3.8) is 0 Å². The molecule has 3 rings (SSSR count). The van der Waals surface area contributed by atoms with Crippen LogP contribution in [0.25, 0.3) is 0 Å². The summed E-state index contributed by atoms with van der Waals surface area (Å²) in [4.78, 5) is 24.5. The normalized spacial score (nSPS) is 33.3. The molecule has 2 saturated heterocycles. The monoisotopic (exact) mass is 338 g/mol. The average Bonchev–Trinajstić information content (AvgIpc) is 3.31. The first-order valence-electron chi connectivity index (χ1n) is 9.51. The van der Waals surface area contributed by atoms with Gasteiger partial charge in [-0.15, -0.1) is 0 Å². The van der Waals surface area contributed by atoms with Crippen LogP contribution in [0.15, 0.2) is 0 Å². The van der Waals surface area contributed by atoms with E-state index < -0.39 is 0 Å². The molecule has 0 spiro atoms. The zero-order chi connectivity index (χ0) is 16.8. The molecule has 0 aromatic rings. The van der Waals surface area contributed by atoms with E-state index in [0.717, 1.165) is 64.6 Å². The maximum atomic E-state index is 12.2. The molecule has 0 aromatic carbocycles. The van der Waals surface area contributed by atoms with Crippen LogP contribution in [0.1, 0.15) is 51.4 Å². The Morgan fingerprint density at radius 2 is 1.12 bits per heavy atom. The van der Waals surface area contributed by atoms with E-state index in [0.29, 0.717) is 13.1 Å². The second-order valence-corrected chi connectivity index (χ2v) is 7.31. The minimum absolute atomic E-state index is 0.0496. The summed E-state index contributed by atoms with van der Waals surface area (Å²) in [5.74, 6) is 0.356. The Labute approximate surface area is 144 Å². The van der Waals surface area contributed by atoms with E-state index in [1.54, 1.807) is 0 Å². The molecule has 2 amide bonds. The third kappa shape index (κ3) is 4.93. The number of amides is 2. The molecule has 6 nitrogen and oxygen atoms in total. The minimum Gasteiger partial charge on any atom is -0.376 e. The summed E-state index contributed by atoms with van der Waals surface area (Å²) in [6.45, 7) is 2.88. The number of nitrogens with one attached hydrogen (secondary N) is 2. The van der Waals surface area contributed by atoms with Gasteiger partial charge in [0.05, 0.1) is 12.2 Å². The first-order valence-corrected chi connectivity index (χ1v) is 9.51. The van der Waals surface area contributed by atoms with Gasteiger partial charge >= 0.3 is 0 Å². The van der Waals surface area contributed by atoms with Crippen molar-refractivity contribution in [3.05, 3.63) is 0 Å². The highest BCUT2D eigenvalue weighted by molar-refractivity contribution is 5.81. The fourth-order valence-corrected chi connectivity index (χ4v) is 3.95. The smallest absolute Gasteiger partial charge is 0.223 e. The van der Waals surface area contributed by atoms with Crippen molar-refractivity contribution in [2.75, 3.05) is 26.3 Å². The summed E-state index contributed by atoms with van der Waals surface area (Å²) in [7, 11) is 0. The lowest BCUT2D eigenvalue weighted by atomic mass is 9.81. The lowest BCUT2D eigenvalue weighted by Crippen LogP contribution is -2.41. The molecule has 0 radical (unpaired) electrons. The van der Waals surface area contributed by atoms with Crippen LogP contribution in [0.4, 0.5) is 0 Å². The largest absolute Gasteiger partial charge is 0.376 e. The summed E-state index contributed by atoms with van der Waals surface area (Å²) in [5.41, 5.74) is 0. The molecular weight excluding hydrogens is 308 g/mol. The zero-order valence-corrected chi connectivity index (χ0v) is 14.4. The fraction of sp³-hybridized carbons (Fsp3) is 0.889. The molecule has 1 saturated carbocycles. The standard InChI is InChI=1S/C18H30N2O4/c21-17(19-11-15-3-1-9-23-15)13-5-7-14(8-6-13)18(22)20-12-16-4-2-10-24-16/h13-16H,1-12H2,(H,19,21)(H,20,22). The quantitative estimate of drug-likeness (QED) is 0.767. The molecule has 0 aromatic heterocycles. The van der Waals surface area contributed by atoms with Crippen LogP contribution >= 0.6 is 0 Å². The lowest BCUT2D eigenvalue weighted by molar-refractivity contribution is -0.131.